The van der Waals surface area contributed by atoms with Crippen LogP contribution < -0.4 is 11.1 Å². The second kappa shape index (κ2) is 5.11. The summed E-state index contributed by atoms with van der Waals surface area (Å²) in [6.07, 6.45) is 0. The smallest absolute Gasteiger partial charge is 0.337 e. The highest BCUT2D eigenvalue weighted by Crippen LogP contribution is 2.26. The Hall–Kier alpha value is -1.66. The summed E-state index contributed by atoms with van der Waals surface area (Å²) in [5, 5.41) is 3.93. The van der Waals surface area contributed by atoms with Crippen molar-refractivity contribution in [1.82, 2.24) is 4.98 Å². The molecule has 0 aliphatic rings. The average Bonchev–Trinajstić information content (AvgIpc) is 2.76. The number of fused-ring (bicyclic) bond motifs is 1. The van der Waals surface area contributed by atoms with E-state index >= 15 is 0 Å². The number of hydrogen-bond donors (Lipinski definition) is 2. The Labute approximate surface area is 103 Å². The molecule has 0 unspecified atom stereocenters. The molecule has 0 fully saturated rings. The molecule has 0 bridgehead atoms. The number of ether oxygens (including phenoxy) is 1. The Morgan fingerprint density at radius 3 is 3.12 bits per heavy atom. The molecule has 0 amide bonds. The number of nitrogens with two attached hydrogens (primary N) is 1. The number of nitrogens with zero attached hydrogens (tertiary/aromatic N) is 1. The predicted octanol–water partition coefficient (Wildman–Crippen LogP) is 1.45. The van der Waals surface area contributed by atoms with Gasteiger partial charge in [-0.3, -0.25) is 0 Å². The first-order valence-electron chi connectivity index (χ1n) is 5.17. The van der Waals surface area contributed by atoms with E-state index in [9.17, 15) is 4.79 Å². The molecule has 0 radical (unpaired) electrons. The summed E-state index contributed by atoms with van der Waals surface area (Å²) in [5.41, 5.74) is 6.80. The second-order valence-corrected chi connectivity index (χ2v) is 4.44. The standard InChI is InChI=1S/C11H13N3O2S/c1-16-10(15)7-2-3-8-9(6-7)17-11(14-8)13-5-4-12/h2-3,6H,4-5,12H2,1H3,(H,13,14). The van der Waals surface area contributed by atoms with Crippen molar-refractivity contribution in [3.63, 3.8) is 0 Å². The van der Waals surface area contributed by atoms with Gasteiger partial charge in [0, 0.05) is 13.1 Å². The Morgan fingerprint density at radius 2 is 2.41 bits per heavy atom. The number of benzene rings is 1. The molecule has 0 saturated carbocycles. The number of carbonyl (C=O) groups is 1. The molecule has 1 aromatic heterocycles. The largest absolute Gasteiger partial charge is 0.465 e. The summed E-state index contributed by atoms with van der Waals surface area (Å²) >= 11 is 1.49. The SMILES string of the molecule is COC(=O)c1ccc2nc(NCCN)sc2c1. The Balaban J connectivity index is 2.31. The second-order valence-electron chi connectivity index (χ2n) is 3.41. The van der Waals surface area contributed by atoms with Crippen molar-refractivity contribution < 1.29 is 9.53 Å². The van der Waals surface area contributed by atoms with Crippen LogP contribution in [0.4, 0.5) is 5.13 Å². The van der Waals surface area contributed by atoms with Crippen molar-refractivity contribution in [2.24, 2.45) is 5.73 Å². The third-order valence-electron chi connectivity index (χ3n) is 2.23. The van der Waals surface area contributed by atoms with Crippen LogP contribution in [0.5, 0.6) is 0 Å². The Bertz CT molecular complexity index is 538. The lowest BCUT2D eigenvalue weighted by molar-refractivity contribution is 0.0601. The monoisotopic (exact) mass is 251 g/mol. The lowest BCUT2D eigenvalue weighted by Gasteiger charge is -1.97. The van der Waals surface area contributed by atoms with Gasteiger partial charge >= 0.3 is 5.97 Å². The third-order valence-corrected chi connectivity index (χ3v) is 3.21. The fraction of sp³-hybridized carbons (Fsp3) is 0.273. The first-order valence-corrected chi connectivity index (χ1v) is 5.99. The van der Waals surface area contributed by atoms with Gasteiger partial charge in [0.2, 0.25) is 0 Å². The van der Waals surface area contributed by atoms with Crippen molar-refractivity contribution in [3.05, 3.63) is 23.8 Å². The molecule has 0 aliphatic carbocycles. The van der Waals surface area contributed by atoms with E-state index in [0.29, 0.717) is 18.7 Å². The number of carbonyl (C=O) groups excluding carboxylic acids is 1. The average molecular weight is 251 g/mol. The van der Waals surface area contributed by atoms with Crippen LogP contribution in [0, 0.1) is 0 Å². The molecule has 2 rings (SSSR count). The lowest BCUT2D eigenvalue weighted by atomic mass is 10.2. The molecule has 5 nitrogen and oxygen atoms in total. The van der Waals surface area contributed by atoms with E-state index in [0.717, 1.165) is 15.3 Å². The van der Waals surface area contributed by atoms with Crippen LogP contribution in [0.2, 0.25) is 0 Å². The fourth-order valence-corrected chi connectivity index (χ4v) is 2.35. The van der Waals surface area contributed by atoms with Crippen LogP contribution in [-0.4, -0.2) is 31.2 Å². The number of anilines is 1. The van der Waals surface area contributed by atoms with Crippen molar-refractivity contribution in [3.8, 4) is 0 Å². The highest BCUT2D eigenvalue weighted by Gasteiger charge is 2.09. The fourth-order valence-electron chi connectivity index (χ4n) is 1.42. The third kappa shape index (κ3) is 2.54. The molecule has 0 spiro atoms. The predicted molar refractivity (Wildman–Crippen MR) is 68.5 cm³/mol. The molecule has 6 heteroatoms. The number of nitrogens with one attached hydrogen (secondary N) is 1. The highest BCUT2D eigenvalue weighted by atomic mass is 32.1. The van der Waals surface area contributed by atoms with Gasteiger partial charge in [-0.2, -0.15) is 0 Å². The van der Waals surface area contributed by atoms with E-state index in [-0.39, 0.29) is 5.97 Å². The Morgan fingerprint density at radius 1 is 1.59 bits per heavy atom. The summed E-state index contributed by atoms with van der Waals surface area (Å²) in [6, 6.07) is 5.30. The van der Waals surface area contributed by atoms with Gasteiger partial charge in [0.05, 0.1) is 22.9 Å². The molecular formula is C11H13N3O2S. The van der Waals surface area contributed by atoms with Gasteiger partial charge in [-0.15, -0.1) is 0 Å². The van der Waals surface area contributed by atoms with Gasteiger partial charge in [0.1, 0.15) is 0 Å². The van der Waals surface area contributed by atoms with Crippen molar-refractivity contribution in [2.45, 2.75) is 0 Å². The summed E-state index contributed by atoms with van der Waals surface area (Å²) in [5.74, 6) is -0.336. The van der Waals surface area contributed by atoms with Crippen LogP contribution in [0.15, 0.2) is 18.2 Å². The molecule has 3 N–H and O–H groups in total. The maximum Gasteiger partial charge on any atom is 0.337 e. The zero-order valence-electron chi connectivity index (χ0n) is 9.40. The summed E-state index contributed by atoms with van der Waals surface area (Å²) < 4.78 is 5.62. The molecule has 17 heavy (non-hydrogen) atoms. The molecule has 1 heterocycles. The number of methoxy groups -OCH3 is 1. The van der Waals surface area contributed by atoms with Gasteiger partial charge < -0.3 is 15.8 Å². The van der Waals surface area contributed by atoms with E-state index < -0.39 is 0 Å². The number of hydrogen-bond acceptors (Lipinski definition) is 6. The van der Waals surface area contributed by atoms with Gasteiger partial charge in [-0.1, -0.05) is 11.3 Å². The van der Waals surface area contributed by atoms with E-state index in [1.165, 1.54) is 18.4 Å². The first-order chi connectivity index (χ1) is 8.24. The number of thiazole rings is 1. The number of rotatable bonds is 4. The number of aromatic nitrogens is 1. The van der Waals surface area contributed by atoms with Gasteiger partial charge in [-0.05, 0) is 18.2 Å². The zero-order valence-corrected chi connectivity index (χ0v) is 10.2. The van der Waals surface area contributed by atoms with Crippen molar-refractivity contribution >= 4 is 32.7 Å². The summed E-state index contributed by atoms with van der Waals surface area (Å²) in [4.78, 5) is 15.7. The minimum absolute atomic E-state index is 0.336. The maximum absolute atomic E-state index is 11.4. The van der Waals surface area contributed by atoms with Gasteiger partial charge in [0.25, 0.3) is 0 Å². The molecule has 2 aromatic rings. The van der Waals surface area contributed by atoms with Crippen LogP contribution in [0.1, 0.15) is 10.4 Å². The van der Waals surface area contributed by atoms with Crippen LogP contribution >= 0.6 is 11.3 Å². The minimum atomic E-state index is -0.336. The molecule has 0 saturated heterocycles. The van der Waals surface area contributed by atoms with E-state index in [1.54, 1.807) is 12.1 Å². The van der Waals surface area contributed by atoms with E-state index in [1.807, 2.05) is 6.07 Å². The minimum Gasteiger partial charge on any atom is -0.465 e. The summed E-state index contributed by atoms with van der Waals surface area (Å²) in [7, 11) is 1.37. The topological polar surface area (TPSA) is 77.2 Å². The van der Waals surface area contributed by atoms with Gasteiger partial charge in [-0.25, -0.2) is 9.78 Å². The molecule has 1 aromatic carbocycles. The van der Waals surface area contributed by atoms with Gasteiger partial charge in [0.15, 0.2) is 5.13 Å². The van der Waals surface area contributed by atoms with E-state index in [2.05, 4.69) is 15.0 Å². The molecular weight excluding hydrogens is 238 g/mol. The number of esters is 1. The van der Waals surface area contributed by atoms with Crippen molar-refractivity contribution in [1.29, 1.82) is 0 Å². The molecule has 90 valence electrons. The quantitative estimate of drug-likeness (QED) is 0.804. The maximum atomic E-state index is 11.4. The van der Waals surface area contributed by atoms with E-state index in [4.69, 9.17) is 5.73 Å². The van der Waals surface area contributed by atoms with Crippen LogP contribution in [-0.2, 0) is 4.74 Å². The molecule has 0 aliphatic heterocycles. The van der Waals surface area contributed by atoms with Crippen molar-refractivity contribution in [2.75, 3.05) is 25.5 Å². The zero-order chi connectivity index (χ0) is 12.3. The Kier molecular flexibility index (Phi) is 3.55. The summed E-state index contributed by atoms with van der Waals surface area (Å²) in [6.45, 7) is 1.24. The lowest BCUT2D eigenvalue weighted by Crippen LogP contribution is -2.12. The van der Waals surface area contributed by atoms with Crippen LogP contribution in [0.3, 0.4) is 0 Å². The molecule has 0 atom stereocenters. The first kappa shape index (κ1) is 11.8. The van der Waals surface area contributed by atoms with Crippen LogP contribution in [0.25, 0.3) is 10.2 Å². The normalized spacial score (nSPS) is 10.5. The highest BCUT2D eigenvalue weighted by molar-refractivity contribution is 7.22.